The van der Waals surface area contributed by atoms with Gasteiger partial charge in [-0.15, -0.1) is 0 Å². The average molecular weight is 600 g/mol. The van der Waals surface area contributed by atoms with Gasteiger partial charge in [0.2, 0.25) is 17.7 Å². The Balaban J connectivity index is 0.000000609. The molecule has 42 heavy (non-hydrogen) atoms. The Labute approximate surface area is 241 Å². The molecule has 16 heteroatoms. The average Bonchev–Trinajstić information content (AvgIpc) is 2.93. The van der Waals surface area contributed by atoms with Crippen LogP contribution in [0.25, 0.3) is 0 Å². The summed E-state index contributed by atoms with van der Waals surface area (Å²) in [7, 11) is -1.90. The molecule has 0 spiro atoms. The Morgan fingerprint density at radius 1 is 1.02 bits per heavy atom. The molecule has 0 saturated heterocycles. The fourth-order valence-corrected chi connectivity index (χ4v) is 3.51. The quantitative estimate of drug-likeness (QED) is 0.120. The number of nitrogens with zero attached hydrogens (tertiary/aromatic N) is 1. The molecule has 1 atom stereocenters. The van der Waals surface area contributed by atoms with Gasteiger partial charge in [-0.2, -0.15) is 13.2 Å². The molecule has 0 saturated carbocycles. The first-order chi connectivity index (χ1) is 19.7. The van der Waals surface area contributed by atoms with Gasteiger partial charge in [0.15, 0.2) is 0 Å². The van der Waals surface area contributed by atoms with E-state index in [0.717, 1.165) is 36.2 Å². The number of halogens is 4. The lowest BCUT2D eigenvalue weighted by molar-refractivity contribution is -0.137. The summed E-state index contributed by atoms with van der Waals surface area (Å²) in [5.41, 5.74) is 16.8. The first kappa shape index (κ1) is 36.5. The second-order valence-corrected chi connectivity index (χ2v) is 9.06. The molecule has 0 fully saturated rings. The molecule has 0 aliphatic rings. The summed E-state index contributed by atoms with van der Waals surface area (Å²) in [6.07, 6.45) is -3.36. The third-order valence-electron chi connectivity index (χ3n) is 5.77. The summed E-state index contributed by atoms with van der Waals surface area (Å²) in [4.78, 5) is 37.6. The molecule has 3 amide bonds. The minimum absolute atomic E-state index is 0.00727. The Hall–Kier alpha value is -3.57. The number of benzene rings is 2. The second-order valence-electron chi connectivity index (χ2n) is 9.06. The fraction of sp³-hybridized carbons (Fsp3) is 0.423. The minimum atomic E-state index is -4.22. The summed E-state index contributed by atoms with van der Waals surface area (Å²) >= 11 is 0. The van der Waals surface area contributed by atoms with Crippen LogP contribution in [0, 0.1) is 5.82 Å². The van der Waals surface area contributed by atoms with Crippen molar-refractivity contribution < 1.29 is 42.0 Å². The zero-order valence-electron chi connectivity index (χ0n) is 23.2. The third kappa shape index (κ3) is 13.4. The largest absolute Gasteiger partial charge is 0.488 e. The van der Waals surface area contributed by atoms with Crippen LogP contribution in [0.2, 0.25) is 0 Å². The van der Waals surface area contributed by atoms with Crippen LogP contribution in [-0.4, -0.2) is 78.6 Å². The van der Waals surface area contributed by atoms with E-state index in [4.69, 9.17) is 27.2 Å². The molecular weight excluding hydrogens is 563 g/mol. The van der Waals surface area contributed by atoms with Crippen LogP contribution in [-0.2, 0) is 27.0 Å². The lowest BCUT2D eigenvalue weighted by atomic mass is 9.80. The number of amides is 3. The predicted molar refractivity (Wildman–Crippen MR) is 151 cm³/mol. The number of carbonyl (C=O) groups excluding carboxylic acids is 3. The summed E-state index contributed by atoms with van der Waals surface area (Å²) in [5, 5.41) is 22.8. The molecule has 11 nitrogen and oxygen atoms in total. The molecule has 232 valence electrons. The highest BCUT2D eigenvalue weighted by atomic mass is 19.4. The molecule has 0 bridgehead atoms. The van der Waals surface area contributed by atoms with Gasteiger partial charge in [0.1, 0.15) is 5.82 Å². The van der Waals surface area contributed by atoms with Crippen molar-refractivity contribution >= 4 is 36.0 Å². The number of aryl methyl sites for hydroxylation is 1. The monoisotopic (exact) mass is 600 g/mol. The predicted octanol–water partition coefficient (Wildman–Crippen LogP) is -0.318. The molecule has 0 heterocycles. The van der Waals surface area contributed by atoms with E-state index in [0.29, 0.717) is 13.1 Å². The Kier molecular flexibility index (Phi) is 15.7. The van der Waals surface area contributed by atoms with Gasteiger partial charge < -0.3 is 42.8 Å². The van der Waals surface area contributed by atoms with E-state index in [1.165, 1.54) is 23.1 Å². The van der Waals surface area contributed by atoms with E-state index >= 15 is 0 Å². The molecule has 2 aromatic carbocycles. The van der Waals surface area contributed by atoms with E-state index in [1.807, 2.05) is 6.92 Å². The molecule has 0 radical (unpaired) electrons. The van der Waals surface area contributed by atoms with Crippen LogP contribution >= 0.6 is 0 Å². The summed E-state index contributed by atoms with van der Waals surface area (Å²) < 4.78 is 49.5. The lowest BCUT2D eigenvalue weighted by Gasteiger charge is -2.22. The number of anilines is 1. The number of rotatable bonds is 13. The van der Waals surface area contributed by atoms with Crippen molar-refractivity contribution in [2.45, 2.75) is 38.4 Å². The second kappa shape index (κ2) is 18.1. The number of nitrogens with two attached hydrogens (primary N) is 3. The summed E-state index contributed by atoms with van der Waals surface area (Å²) in [5.74, 6) is -2.30. The van der Waals surface area contributed by atoms with E-state index in [1.54, 1.807) is 0 Å². The maximum atomic E-state index is 13.5. The van der Waals surface area contributed by atoms with Gasteiger partial charge in [-0.05, 0) is 54.2 Å². The third-order valence-corrected chi connectivity index (χ3v) is 5.77. The zero-order valence-corrected chi connectivity index (χ0v) is 23.2. The van der Waals surface area contributed by atoms with Crippen LogP contribution in [0.5, 0.6) is 0 Å². The van der Waals surface area contributed by atoms with Crippen LogP contribution in [0.4, 0.5) is 23.2 Å². The van der Waals surface area contributed by atoms with Crippen molar-refractivity contribution in [3.63, 3.8) is 0 Å². The van der Waals surface area contributed by atoms with Crippen molar-refractivity contribution in [2.75, 3.05) is 38.0 Å². The highest BCUT2D eigenvalue weighted by molar-refractivity contribution is 6.58. The first-order valence-corrected chi connectivity index (χ1v) is 13.1. The zero-order chi connectivity index (χ0) is 31.9. The molecule has 0 aliphatic heterocycles. The number of hydrogen-bond donors (Lipinski definition) is 7. The first-order valence-electron chi connectivity index (χ1n) is 13.1. The summed E-state index contributed by atoms with van der Waals surface area (Å²) in [6.45, 7) is 2.75. The normalized spacial score (nSPS) is 11.6. The molecule has 0 aliphatic carbocycles. The number of hydrogen-bond acceptors (Lipinski definition) is 8. The number of carbonyl (C=O) groups is 3. The van der Waals surface area contributed by atoms with E-state index in [9.17, 15) is 31.9 Å². The van der Waals surface area contributed by atoms with Crippen molar-refractivity contribution in [3.05, 3.63) is 59.4 Å². The maximum Gasteiger partial charge on any atom is 0.488 e. The van der Waals surface area contributed by atoms with Gasteiger partial charge in [0, 0.05) is 38.3 Å². The van der Waals surface area contributed by atoms with E-state index < -0.39 is 49.1 Å². The van der Waals surface area contributed by atoms with Crippen molar-refractivity contribution in [1.82, 2.24) is 10.2 Å². The Morgan fingerprint density at radius 3 is 2.12 bits per heavy atom. The standard InChI is InChI=1S/C17H28BFN6O5.C9H9F3/c19-12-7-11(18(29)30)8-13(9-12)24-15(26)10-23-17(28)14(22)1-2-16(27)25(5-3-20)6-4-21;1-2-7-3-5-8(6-4-7)9(10,11)12/h7-9,14,29-30H,1-6,10,20-22H2,(H,23,28)(H,24,26);3-6H,2H2,1H3. The highest BCUT2D eigenvalue weighted by Gasteiger charge is 2.29. The van der Waals surface area contributed by atoms with Gasteiger partial charge in [-0.25, -0.2) is 4.39 Å². The van der Waals surface area contributed by atoms with E-state index in [-0.39, 0.29) is 43.0 Å². The van der Waals surface area contributed by atoms with Gasteiger partial charge in [0.25, 0.3) is 0 Å². The lowest BCUT2D eigenvalue weighted by Crippen LogP contribution is -2.45. The number of alkyl halides is 3. The SMILES string of the molecule is CCc1ccc(C(F)(F)F)cc1.NCCN(CCN)C(=O)CCC(N)C(=O)NCC(=O)Nc1cc(F)cc(B(O)O)c1. The van der Waals surface area contributed by atoms with Gasteiger partial charge in [-0.1, -0.05) is 19.1 Å². The Bertz CT molecular complexity index is 1150. The van der Waals surface area contributed by atoms with Crippen LogP contribution in [0.1, 0.15) is 30.9 Å². The maximum absolute atomic E-state index is 13.5. The molecule has 1 unspecified atom stereocenters. The van der Waals surface area contributed by atoms with Gasteiger partial charge in [-0.3, -0.25) is 14.4 Å². The van der Waals surface area contributed by atoms with Crippen molar-refractivity contribution in [3.8, 4) is 0 Å². The molecule has 0 aromatic heterocycles. The topological polar surface area (TPSA) is 197 Å². The minimum Gasteiger partial charge on any atom is -0.423 e. The van der Waals surface area contributed by atoms with E-state index in [2.05, 4.69) is 10.6 Å². The molecule has 10 N–H and O–H groups in total. The van der Waals surface area contributed by atoms with Gasteiger partial charge in [0.05, 0.1) is 18.2 Å². The smallest absolute Gasteiger partial charge is 0.423 e. The van der Waals surface area contributed by atoms with Crippen molar-refractivity contribution in [1.29, 1.82) is 0 Å². The van der Waals surface area contributed by atoms with Crippen molar-refractivity contribution in [2.24, 2.45) is 17.2 Å². The summed E-state index contributed by atoms with van der Waals surface area (Å²) in [6, 6.07) is 7.29. The van der Waals surface area contributed by atoms with Gasteiger partial charge >= 0.3 is 13.3 Å². The molecular formula is C26H37BF4N6O5. The number of nitrogens with one attached hydrogen (secondary N) is 2. The highest BCUT2D eigenvalue weighted by Crippen LogP contribution is 2.29. The van der Waals surface area contributed by atoms with Crippen LogP contribution in [0.15, 0.2) is 42.5 Å². The fourth-order valence-electron chi connectivity index (χ4n) is 3.51. The molecule has 2 rings (SSSR count). The van der Waals surface area contributed by atoms with Crippen LogP contribution in [0.3, 0.4) is 0 Å². The Morgan fingerprint density at radius 2 is 1.62 bits per heavy atom. The van der Waals surface area contributed by atoms with Crippen LogP contribution < -0.4 is 33.3 Å². The molecule has 2 aromatic rings.